The van der Waals surface area contributed by atoms with Gasteiger partial charge in [0.25, 0.3) is 0 Å². The van der Waals surface area contributed by atoms with Crippen molar-refractivity contribution in [2.45, 2.75) is 45.4 Å². The molecule has 0 aromatic carbocycles. The van der Waals surface area contributed by atoms with Crippen LogP contribution in [0, 0.1) is 11.3 Å². The summed E-state index contributed by atoms with van der Waals surface area (Å²) in [7, 11) is 1.78. The van der Waals surface area contributed by atoms with Crippen LogP contribution in [0.15, 0.2) is 4.99 Å². The third-order valence-electron chi connectivity index (χ3n) is 5.30. The van der Waals surface area contributed by atoms with Crippen molar-refractivity contribution in [3.8, 4) is 0 Å². The fourth-order valence-electron chi connectivity index (χ4n) is 3.42. The second kappa shape index (κ2) is 11.7. The van der Waals surface area contributed by atoms with Gasteiger partial charge in [-0.05, 0) is 44.4 Å². The summed E-state index contributed by atoms with van der Waals surface area (Å²) >= 11 is 0. The molecule has 2 rings (SSSR count). The van der Waals surface area contributed by atoms with Crippen LogP contribution in [-0.2, 0) is 14.2 Å². The van der Waals surface area contributed by atoms with E-state index in [2.05, 4.69) is 17.6 Å². The van der Waals surface area contributed by atoms with Crippen LogP contribution in [0.2, 0.25) is 0 Å². The molecule has 1 heterocycles. The number of methoxy groups -OCH3 is 1. The van der Waals surface area contributed by atoms with E-state index in [-0.39, 0.29) is 0 Å². The third kappa shape index (κ3) is 7.50. The topological polar surface area (TPSA) is 64.1 Å². The zero-order valence-corrected chi connectivity index (χ0v) is 16.1. The lowest BCUT2D eigenvalue weighted by Crippen LogP contribution is -2.40. The Morgan fingerprint density at radius 3 is 2.80 bits per heavy atom. The molecule has 2 N–H and O–H groups in total. The third-order valence-corrected chi connectivity index (χ3v) is 5.30. The summed E-state index contributed by atoms with van der Waals surface area (Å²) in [6.07, 6.45) is 7.13. The second-order valence-electron chi connectivity index (χ2n) is 7.38. The number of guanidine groups is 1. The minimum atomic E-state index is 0.366. The fraction of sp³-hybridized carbons (Fsp3) is 0.947. The fourth-order valence-corrected chi connectivity index (χ4v) is 3.42. The molecule has 25 heavy (non-hydrogen) atoms. The maximum absolute atomic E-state index is 5.75. The van der Waals surface area contributed by atoms with Gasteiger partial charge < -0.3 is 24.8 Å². The number of hydrogen-bond donors (Lipinski definition) is 2. The van der Waals surface area contributed by atoms with Gasteiger partial charge in [0.15, 0.2) is 5.96 Å². The highest BCUT2D eigenvalue weighted by atomic mass is 16.5. The first-order valence-corrected chi connectivity index (χ1v) is 9.94. The van der Waals surface area contributed by atoms with Crippen LogP contribution in [0.25, 0.3) is 0 Å². The van der Waals surface area contributed by atoms with E-state index >= 15 is 0 Å². The number of hydrogen-bond acceptors (Lipinski definition) is 4. The molecule has 1 atom stereocenters. The molecular weight excluding hydrogens is 318 g/mol. The van der Waals surface area contributed by atoms with Crippen molar-refractivity contribution in [2.24, 2.45) is 16.3 Å². The molecule has 1 aliphatic heterocycles. The first-order valence-electron chi connectivity index (χ1n) is 9.94. The van der Waals surface area contributed by atoms with Crippen LogP contribution >= 0.6 is 0 Å². The van der Waals surface area contributed by atoms with Crippen molar-refractivity contribution in [2.75, 3.05) is 59.8 Å². The Bertz CT molecular complexity index is 380. The van der Waals surface area contributed by atoms with Crippen molar-refractivity contribution in [1.29, 1.82) is 0 Å². The Kier molecular flexibility index (Phi) is 9.58. The lowest BCUT2D eigenvalue weighted by atomic mass is 9.67. The van der Waals surface area contributed by atoms with Crippen molar-refractivity contribution in [3.63, 3.8) is 0 Å². The Labute approximate surface area is 153 Å². The molecule has 0 amide bonds. The summed E-state index contributed by atoms with van der Waals surface area (Å²) < 4.78 is 16.4. The van der Waals surface area contributed by atoms with Gasteiger partial charge in [-0.1, -0.05) is 6.42 Å². The summed E-state index contributed by atoms with van der Waals surface area (Å²) in [5.74, 6) is 1.52. The van der Waals surface area contributed by atoms with Crippen molar-refractivity contribution >= 4 is 5.96 Å². The van der Waals surface area contributed by atoms with Crippen LogP contribution < -0.4 is 10.6 Å². The Hall–Kier alpha value is -0.850. The summed E-state index contributed by atoms with van der Waals surface area (Å²) in [6, 6.07) is 0. The standard InChI is InChI=1S/C19H37N3O3/c1-3-20-18(22-16-19(7-4-8-19)9-13-23-2)21-10-5-11-24-14-17-6-12-25-15-17/h17H,3-16H2,1-2H3,(H2,20,21,22). The van der Waals surface area contributed by atoms with Gasteiger partial charge in [-0.15, -0.1) is 0 Å². The Morgan fingerprint density at radius 2 is 2.16 bits per heavy atom. The summed E-state index contributed by atoms with van der Waals surface area (Å²) in [6.45, 7) is 8.98. The van der Waals surface area contributed by atoms with Crippen LogP contribution in [0.3, 0.4) is 0 Å². The van der Waals surface area contributed by atoms with Crippen molar-refractivity contribution < 1.29 is 14.2 Å². The SMILES string of the molecule is CCNC(=NCC1(CCOC)CCC1)NCCCOCC1CCOC1. The summed E-state index contributed by atoms with van der Waals surface area (Å²) in [5.41, 5.74) is 0.366. The average Bonchev–Trinajstić information content (AvgIpc) is 3.10. The molecule has 0 aromatic heterocycles. The van der Waals surface area contributed by atoms with Gasteiger partial charge in [0, 0.05) is 52.5 Å². The number of ether oxygens (including phenoxy) is 3. The largest absolute Gasteiger partial charge is 0.385 e. The lowest BCUT2D eigenvalue weighted by Gasteiger charge is -2.40. The van der Waals surface area contributed by atoms with Gasteiger partial charge in [0.2, 0.25) is 0 Å². The molecule has 1 saturated carbocycles. The van der Waals surface area contributed by atoms with E-state index in [4.69, 9.17) is 19.2 Å². The molecule has 0 radical (unpaired) electrons. The van der Waals surface area contributed by atoms with Crippen molar-refractivity contribution in [3.05, 3.63) is 0 Å². The number of rotatable bonds is 12. The second-order valence-corrected chi connectivity index (χ2v) is 7.38. The minimum absolute atomic E-state index is 0.366. The van der Waals surface area contributed by atoms with Gasteiger partial charge in [-0.2, -0.15) is 0 Å². The molecule has 0 bridgehead atoms. The lowest BCUT2D eigenvalue weighted by molar-refractivity contribution is 0.0778. The van der Waals surface area contributed by atoms with E-state index < -0.39 is 0 Å². The van der Waals surface area contributed by atoms with Gasteiger partial charge >= 0.3 is 0 Å². The minimum Gasteiger partial charge on any atom is -0.385 e. The highest BCUT2D eigenvalue weighted by molar-refractivity contribution is 5.79. The maximum atomic E-state index is 5.75. The summed E-state index contributed by atoms with van der Waals surface area (Å²) in [4.78, 5) is 4.82. The predicted molar refractivity (Wildman–Crippen MR) is 101 cm³/mol. The van der Waals surface area contributed by atoms with E-state index in [1.54, 1.807) is 7.11 Å². The summed E-state index contributed by atoms with van der Waals surface area (Å²) in [5, 5.41) is 6.77. The quantitative estimate of drug-likeness (QED) is 0.319. The molecule has 0 aromatic rings. The number of aliphatic imine (C=N–C) groups is 1. The molecule has 0 spiro atoms. The van der Waals surface area contributed by atoms with E-state index in [0.29, 0.717) is 11.3 Å². The smallest absolute Gasteiger partial charge is 0.191 e. The predicted octanol–water partition coefficient (Wildman–Crippen LogP) is 2.19. The molecule has 1 saturated heterocycles. The first-order chi connectivity index (χ1) is 12.3. The van der Waals surface area contributed by atoms with Crippen LogP contribution in [-0.4, -0.2) is 65.7 Å². The number of nitrogens with zero attached hydrogens (tertiary/aromatic N) is 1. The van der Waals surface area contributed by atoms with E-state index in [1.807, 2.05) is 0 Å². The van der Waals surface area contributed by atoms with Gasteiger partial charge in [0.1, 0.15) is 0 Å². The molecule has 2 fully saturated rings. The highest BCUT2D eigenvalue weighted by Gasteiger charge is 2.36. The zero-order valence-electron chi connectivity index (χ0n) is 16.1. The molecule has 6 heteroatoms. The molecule has 1 unspecified atom stereocenters. The molecule has 2 aliphatic rings. The Balaban J connectivity index is 1.61. The monoisotopic (exact) mass is 355 g/mol. The van der Waals surface area contributed by atoms with E-state index in [0.717, 1.165) is 77.9 Å². The van der Waals surface area contributed by atoms with Crippen molar-refractivity contribution in [1.82, 2.24) is 10.6 Å². The van der Waals surface area contributed by atoms with E-state index in [1.165, 1.54) is 19.3 Å². The van der Waals surface area contributed by atoms with Crippen LogP contribution in [0.5, 0.6) is 0 Å². The molecule has 146 valence electrons. The van der Waals surface area contributed by atoms with Crippen LogP contribution in [0.4, 0.5) is 0 Å². The maximum Gasteiger partial charge on any atom is 0.191 e. The van der Waals surface area contributed by atoms with Crippen LogP contribution in [0.1, 0.15) is 45.4 Å². The first kappa shape index (κ1) is 20.5. The molecule has 6 nitrogen and oxygen atoms in total. The number of nitrogens with one attached hydrogen (secondary N) is 2. The van der Waals surface area contributed by atoms with E-state index in [9.17, 15) is 0 Å². The zero-order chi connectivity index (χ0) is 17.8. The molecule has 1 aliphatic carbocycles. The van der Waals surface area contributed by atoms with Gasteiger partial charge in [-0.3, -0.25) is 4.99 Å². The average molecular weight is 356 g/mol. The highest BCUT2D eigenvalue weighted by Crippen LogP contribution is 2.44. The normalized spacial score (nSPS) is 22.6. The van der Waals surface area contributed by atoms with Gasteiger partial charge in [0.05, 0.1) is 13.2 Å². The molecular formula is C19H37N3O3. The van der Waals surface area contributed by atoms with Gasteiger partial charge in [-0.25, -0.2) is 0 Å². The Morgan fingerprint density at radius 1 is 1.28 bits per heavy atom.